The first-order valence-electron chi connectivity index (χ1n) is 8.96. The minimum Gasteiger partial charge on any atom is -0.310 e. The van der Waals surface area contributed by atoms with Crippen LogP contribution in [0.15, 0.2) is 48.5 Å². The summed E-state index contributed by atoms with van der Waals surface area (Å²) in [4.78, 5) is 4.00. The summed E-state index contributed by atoms with van der Waals surface area (Å²) in [6.07, 6.45) is 2.20. The highest BCUT2D eigenvalue weighted by Crippen LogP contribution is 2.12. The minimum absolute atomic E-state index is 1.02. The largest absolute Gasteiger partial charge is 0.310 e. The molecule has 1 heterocycles. The van der Waals surface area contributed by atoms with E-state index in [2.05, 4.69) is 67.3 Å². The molecule has 1 saturated heterocycles. The van der Waals surface area contributed by atoms with Crippen molar-refractivity contribution in [1.82, 2.24) is 4.90 Å². The number of hydrogen-bond acceptors (Lipinski definition) is 2. The van der Waals surface area contributed by atoms with Crippen LogP contribution in [0.5, 0.6) is 0 Å². The van der Waals surface area contributed by atoms with Gasteiger partial charge in [-0.3, -0.25) is 0 Å². The molecule has 2 nitrogen and oxygen atoms in total. The third kappa shape index (κ3) is 5.56. The molecule has 2 aromatic rings. The van der Waals surface area contributed by atoms with Crippen LogP contribution in [-0.4, -0.2) is 34.9 Å². The molecule has 0 radical (unpaired) electrons. The molecule has 1 fully saturated rings. The van der Waals surface area contributed by atoms with Gasteiger partial charge in [0.15, 0.2) is 6.67 Å². The van der Waals surface area contributed by atoms with Crippen molar-refractivity contribution in [3.63, 3.8) is 0 Å². The first-order valence-corrected chi connectivity index (χ1v) is 10.4. The van der Waals surface area contributed by atoms with Crippen molar-refractivity contribution in [3.8, 4) is 0 Å². The SMILES string of the molecule is Cc1ccc(CCN2C[NH+](CCc3ccc(C)cc3)CSC2=S)cc1. The van der Waals surface area contributed by atoms with Gasteiger partial charge in [-0.2, -0.15) is 0 Å². The maximum atomic E-state index is 5.58. The smallest absolute Gasteiger partial charge is 0.154 e. The average molecular weight is 372 g/mol. The number of thiocarbonyl (C=S) groups is 1. The van der Waals surface area contributed by atoms with E-state index < -0.39 is 0 Å². The molecule has 0 aromatic heterocycles. The highest BCUT2D eigenvalue weighted by molar-refractivity contribution is 8.22. The molecule has 1 aliphatic heterocycles. The van der Waals surface area contributed by atoms with Crippen molar-refractivity contribution < 1.29 is 4.90 Å². The van der Waals surface area contributed by atoms with Crippen molar-refractivity contribution in [2.75, 3.05) is 25.6 Å². The highest BCUT2D eigenvalue weighted by Gasteiger charge is 2.24. The number of thioether (sulfide) groups is 1. The molecule has 25 heavy (non-hydrogen) atoms. The predicted octanol–water partition coefficient (Wildman–Crippen LogP) is 3.22. The molecule has 132 valence electrons. The van der Waals surface area contributed by atoms with Gasteiger partial charge in [0.1, 0.15) is 10.2 Å². The Balaban J connectivity index is 1.49. The fraction of sp³-hybridized carbons (Fsp3) is 0.381. The highest BCUT2D eigenvalue weighted by atomic mass is 32.2. The van der Waals surface area contributed by atoms with E-state index in [9.17, 15) is 0 Å². The van der Waals surface area contributed by atoms with E-state index in [0.717, 1.165) is 36.3 Å². The minimum atomic E-state index is 1.02. The Morgan fingerprint density at radius 3 is 2.08 bits per heavy atom. The van der Waals surface area contributed by atoms with Gasteiger partial charge < -0.3 is 9.80 Å². The van der Waals surface area contributed by atoms with Gasteiger partial charge in [-0.25, -0.2) is 0 Å². The summed E-state index contributed by atoms with van der Waals surface area (Å²) in [7, 11) is 0. The summed E-state index contributed by atoms with van der Waals surface area (Å²) in [5.41, 5.74) is 5.48. The summed E-state index contributed by atoms with van der Waals surface area (Å²) in [6.45, 7) is 7.49. The molecule has 2 aromatic carbocycles. The standard InChI is InChI=1S/C21H26N2S2/c1-17-3-7-19(8-4-17)11-13-22-15-23(21(24)25-16-22)14-12-20-9-5-18(2)6-10-20/h3-10H,11-16H2,1-2H3/p+1. The lowest BCUT2D eigenvalue weighted by Gasteiger charge is -2.34. The van der Waals surface area contributed by atoms with E-state index in [1.54, 1.807) is 4.90 Å². The molecule has 3 rings (SSSR count). The Kier molecular flexibility index (Phi) is 6.51. The van der Waals surface area contributed by atoms with Gasteiger partial charge in [0.05, 0.1) is 6.54 Å². The van der Waals surface area contributed by atoms with Crippen LogP contribution in [0.25, 0.3) is 0 Å². The van der Waals surface area contributed by atoms with Gasteiger partial charge in [0.2, 0.25) is 0 Å². The van der Waals surface area contributed by atoms with Crippen LogP contribution in [0, 0.1) is 13.8 Å². The van der Waals surface area contributed by atoms with E-state index in [4.69, 9.17) is 12.2 Å². The molecule has 1 atom stereocenters. The number of nitrogens with one attached hydrogen (secondary N) is 1. The van der Waals surface area contributed by atoms with Gasteiger partial charge >= 0.3 is 0 Å². The number of aryl methyl sites for hydroxylation is 2. The molecule has 0 spiro atoms. The second-order valence-corrected chi connectivity index (χ2v) is 8.56. The zero-order chi connectivity index (χ0) is 17.6. The van der Waals surface area contributed by atoms with Crippen LogP contribution in [0.3, 0.4) is 0 Å². The third-order valence-electron chi connectivity index (χ3n) is 4.75. The number of benzene rings is 2. The van der Waals surface area contributed by atoms with E-state index in [0.29, 0.717) is 0 Å². The second-order valence-electron chi connectivity index (χ2n) is 6.95. The molecular formula is C21H27N2S2+. The third-order valence-corrected chi connectivity index (χ3v) is 6.42. The maximum absolute atomic E-state index is 5.58. The Labute approximate surface area is 161 Å². The zero-order valence-corrected chi connectivity index (χ0v) is 16.8. The Bertz CT molecular complexity index is 695. The fourth-order valence-electron chi connectivity index (χ4n) is 3.05. The molecule has 0 bridgehead atoms. The molecular weight excluding hydrogens is 344 g/mol. The lowest BCUT2D eigenvalue weighted by Crippen LogP contribution is -3.14. The van der Waals surface area contributed by atoms with Crippen molar-refractivity contribution in [2.24, 2.45) is 0 Å². The van der Waals surface area contributed by atoms with Crippen LogP contribution in [0.4, 0.5) is 0 Å². The molecule has 1 aliphatic rings. The molecule has 0 aliphatic carbocycles. The molecule has 1 N–H and O–H groups in total. The fourth-order valence-corrected chi connectivity index (χ4v) is 4.29. The normalized spacial score (nSPS) is 17.8. The van der Waals surface area contributed by atoms with Crippen molar-refractivity contribution in [1.29, 1.82) is 0 Å². The number of quaternary nitrogens is 1. The molecule has 4 heteroatoms. The summed E-state index contributed by atoms with van der Waals surface area (Å²) in [6, 6.07) is 17.8. The van der Waals surface area contributed by atoms with Crippen LogP contribution < -0.4 is 4.90 Å². The lowest BCUT2D eigenvalue weighted by molar-refractivity contribution is -0.896. The van der Waals surface area contributed by atoms with Gasteiger partial charge in [0, 0.05) is 13.0 Å². The summed E-state index contributed by atoms with van der Waals surface area (Å²) in [5, 5.41) is 0. The summed E-state index contributed by atoms with van der Waals surface area (Å²) >= 11 is 7.41. The number of nitrogens with zero attached hydrogens (tertiary/aromatic N) is 1. The van der Waals surface area contributed by atoms with Crippen molar-refractivity contribution in [2.45, 2.75) is 26.7 Å². The van der Waals surface area contributed by atoms with E-state index in [-0.39, 0.29) is 0 Å². The van der Waals surface area contributed by atoms with E-state index >= 15 is 0 Å². The summed E-state index contributed by atoms with van der Waals surface area (Å²) in [5.74, 6) is 1.09. The van der Waals surface area contributed by atoms with E-state index in [1.165, 1.54) is 28.8 Å². The molecule has 1 unspecified atom stereocenters. The Morgan fingerprint density at radius 1 is 0.920 bits per heavy atom. The average Bonchev–Trinajstić information content (AvgIpc) is 2.62. The first-order chi connectivity index (χ1) is 12.1. The topological polar surface area (TPSA) is 7.68 Å². The summed E-state index contributed by atoms with van der Waals surface area (Å²) < 4.78 is 1.06. The Morgan fingerprint density at radius 2 is 1.48 bits per heavy atom. The number of rotatable bonds is 6. The van der Waals surface area contributed by atoms with Gasteiger partial charge in [-0.1, -0.05) is 71.9 Å². The van der Waals surface area contributed by atoms with Crippen molar-refractivity contribution >= 4 is 28.3 Å². The predicted molar refractivity (Wildman–Crippen MR) is 112 cm³/mol. The maximum Gasteiger partial charge on any atom is 0.154 e. The zero-order valence-electron chi connectivity index (χ0n) is 15.1. The van der Waals surface area contributed by atoms with Gasteiger partial charge in [0.25, 0.3) is 0 Å². The van der Waals surface area contributed by atoms with Gasteiger partial charge in [-0.05, 0) is 43.2 Å². The van der Waals surface area contributed by atoms with Gasteiger partial charge in [-0.15, -0.1) is 0 Å². The molecule has 0 saturated carbocycles. The lowest BCUT2D eigenvalue weighted by atomic mass is 10.1. The monoisotopic (exact) mass is 371 g/mol. The second kappa shape index (κ2) is 8.84. The quantitative estimate of drug-likeness (QED) is 0.781. The molecule has 0 amide bonds. The van der Waals surface area contributed by atoms with Crippen molar-refractivity contribution in [3.05, 3.63) is 70.8 Å². The van der Waals surface area contributed by atoms with E-state index in [1.807, 2.05) is 11.8 Å². The van der Waals surface area contributed by atoms with Crippen LogP contribution >= 0.6 is 24.0 Å². The van der Waals surface area contributed by atoms with Crippen LogP contribution in [0.1, 0.15) is 22.3 Å². The first kappa shape index (κ1) is 18.4. The van der Waals surface area contributed by atoms with Crippen LogP contribution in [-0.2, 0) is 12.8 Å². The Hall–Kier alpha value is -1.36. The van der Waals surface area contributed by atoms with Crippen LogP contribution in [0.2, 0.25) is 0 Å². The number of hydrogen-bond donors (Lipinski definition) is 1.